The average molecular weight is 292 g/mol. The third kappa shape index (κ3) is 4.11. The van der Waals surface area contributed by atoms with Crippen LogP contribution in [-0.2, 0) is 4.74 Å². The Labute approximate surface area is 126 Å². The highest BCUT2D eigenvalue weighted by molar-refractivity contribution is 5.67. The van der Waals surface area contributed by atoms with Crippen molar-refractivity contribution < 1.29 is 14.3 Å². The number of carbonyl (C=O) groups is 1. The van der Waals surface area contributed by atoms with Gasteiger partial charge < -0.3 is 14.8 Å². The van der Waals surface area contributed by atoms with Crippen LogP contribution in [0.15, 0.2) is 24.3 Å². The minimum absolute atomic E-state index is 0.112. The van der Waals surface area contributed by atoms with E-state index in [0.29, 0.717) is 6.54 Å². The Kier molecular flexibility index (Phi) is 5.87. The first-order chi connectivity index (χ1) is 10.3. The van der Waals surface area contributed by atoms with Gasteiger partial charge in [0.2, 0.25) is 0 Å². The molecule has 1 amide bonds. The van der Waals surface area contributed by atoms with Gasteiger partial charge in [-0.25, -0.2) is 4.79 Å². The summed E-state index contributed by atoms with van der Waals surface area (Å²) in [5.74, 6) is 0.861. The standard InChI is InChI=1S/C16H24N2O3/c1-20-15-9-5-4-8-13(15)14(12-17-16(19)21-2)18-10-6-3-7-11-18/h4-5,8-9,14H,3,6-7,10-12H2,1-2H3,(H,17,19). The number of hydrogen-bond acceptors (Lipinski definition) is 4. The molecule has 0 saturated carbocycles. The average Bonchev–Trinajstić information content (AvgIpc) is 2.56. The predicted octanol–water partition coefficient (Wildman–Crippen LogP) is 2.58. The van der Waals surface area contributed by atoms with Gasteiger partial charge in [-0.1, -0.05) is 24.6 Å². The normalized spacial score (nSPS) is 17.0. The molecule has 1 N–H and O–H groups in total. The summed E-state index contributed by atoms with van der Waals surface area (Å²) >= 11 is 0. The van der Waals surface area contributed by atoms with E-state index in [1.54, 1.807) is 7.11 Å². The lowest BCUT2D eigenvalue weighted by atomic mass is 10.0. The van der Waals surface area contributed by atoms with Crippen LogP contribution in [0, 0.1) is 0 Å². The molecular weight excluding hydrogens is 268 g/mol. The molecule has 2 rings (SSSR count). The minimum Gasteiger partial charge on any atom is -0.496 e. The number of hydrogen-bond donors (Lipinski definition) is 1. The highest BCUT2D eigenvalue weighted by Crippen LogP contribution is 2.30. The van der Waals surface area contributed by atoms with Crippen LogP contribution in [0.5, 0.6) is 5.75 Å². The van der Waals surface area contributed by atoms with Gasteiger partial charge in [0.25, 0.3) is 0 Å². The molecule has 0 aromatic heterocycles. The number of para-hydroxylation sites is 1. The van der Waals surface area contributed by atoms with Crippen LogP contribution in [0.1, 0.15) is 30.9 Å². The Bertz CT molecular complexity index is 459. The van der Waals surface area contributed by atoms with E-state index >= 15 is 0 Å². The minimum atomic E-state index is -0.396. The molecule has 0 aliphatic carbocycles. The molecule has 5 heteroatoms. The SMILES string of the molecule is COC(=O)NCC(c1ccccc1OC)N1CCCCC1. The van der Waals surface area contributed by atoms with Crippen LogP contribution in [-0.4, -0.2) is 44.8 Å². The number of nitrogens with one attached hydrogen (secondary N) is 1. The first-order valence-electron chi connectivity index (χ1n) is 7.45. The summed E-state index contributed by atoms with van der Waals surface area (Å²) in [5, 5.41) is 2.82. The Morgan fingerprint density at radius 1 is 1.24 bits per heavy atom. The van der Waals surface area contributed by atoms with Crippen molar-refractivity contribution >= 4 is 6.09 Å². The van der Waals surface area contributed by atoms with Gasteiger partial charge in [0.15, 0.2) is 0 Å². The maximum Gasteiger partial charge on any atom is 0.406 e. The number of alkyl carbamates (subject to hydrolysis) is 1. The molecule has 1 aliphatic heterocycles. The smallest absolute Gasteiger partial charge is 0.406 e. The maximum atomic E-state index is 11.4. The number of piperidine rings is 1. The van der Waals surface area contributed by atoms with Gasteiger partial charge in [0.05, 0.1) is 20.3 Å². The summed E-state index contributed by atoms with van der Waals surface area (Å²) in [6.07, 6.45) is 3.28. The molecule has 0 spiro atoms. The third-order valence-electron chi connectivity index (χ3n) is 3.95. The van der Waals surface area contributed by atoms with Gasteiger partial charge in [-0.2, -0.15) is 0 Å². The monoisotopic (exact) mass is 292 g/mol. The second kappa shape index (κ2) is 7.88. The third-order valence-corrected chi connectivity index (χ3v) is 3.95. The van der Waals surface area contributed by atoms with Crippen LogP contribution in [0.3, 0.4) is 0 Å². The molecule has 1 aromatic rings. The van der Waals surface area contributed by atoms with Crippen molar-refractivity contribution in [1.29, 1.82) is 0 Å². The Hall–Kier alpha value is -1.75. The number of carbonyl (C=O) groups excluding carboxylic acids is 1. The lowest BCUT2D eigenvalue weighted by Gasteiger charge is -2.35. The van der Waals surface area contributed by atoms with E-state index in [4.69, 9.17) is 4.74 Å². The van der Waals surface area contributed by atoms with E-state index in [0.717, 1.165) is 24.4 Å². The van der Waals surface area contributed by atoms with Crippen molar-refractivity contribution in [2.24, 2.45) is 0 Å². The molecule has 0 bridgehead atoms. The summed E-state index contributed by atoms with van der Waals surface area (Å²) in [6, 6.07) is 8.11. The molecular formula is C16H24N2O3. The molecule has 1 fully saturated rings. The van der Waals surface area contributed by atoms with Gasteiger partial charge >= 0.3 is 6.09 Å². The van der Waals surface area contributed by atoms with E-state index in [-0.39, 0.29) is 6.04 Å². The molecule has 1 saturated heterocycles. The summed E-state index contributed by atoms with van der Waals surface area (Å²) < 4.78 is 10.2. The first kappa shape index (κ1) is 15.6. The maximum absolute atomic E-state index is 11.4. The number of rotatable bonds is 5. The Morgan fingerprint density at radius 2 is 1.95 bits per heavy atom. The van der Waals surface area contributed by atoms with E-state index in [9.17, 15) is 4.79 Å². The molecule has 1 heterocycles. The fraction of sp³-hybridized carbons (Fsp3) is 0.562. The van der Waals surface area contributed by atoms with Crippen LogP contribution in [0.2, 0.25) is 0 Å². The zero-order valence-electron chi connectivity index (χ0n) is 12.8. The van der Waals surface area contributed by atoms with Crippen LogP contribution < -0.4 is 10.1 Å². The van der Waals surface area contributed by atoms with Gasteiger partial charge in [-0.3, -0.25) is 4.90 Å². The molecule has 1 atom stereocenters. The number of likely N-dealkylation sites (tertiary alicyclic amines) is 1. The lowest BCUT2D eigenvalue weighted by molar-refractivity contribution is 0.143. The van der Waals surface area contributed by atoms with Crippen molar-refractivity contribution in [3.8, 4) is 5.75 Å². The summed E-state index contributed by atoms with van der Waals surface area (Å²) in [7, 11) is 3.06. The van der Waals surface area contributed by atoms with Crippen molar-refractivity contribution in [1.82, 2.24) is 10.2 Å². The number of benzene rings is 1. The quantitative estimate of drug-likeness (QED) is 0.906. The molecule has 5 nitrogen and oxygen atoms in total. The molecule has 1 aliphatic rings. The van der Waals surface area contributed by atoms with E-state index in [1.807, 2.05) is 18.2 Å². The first-order valence-corrected chi connectivity index (χ1v) is 7.45. The van der Waals surface area contributed by atoms with Crippen molar-refractivity contribution in [2.75, 3.05) is 33.9 Å². The fourth-order valence-corrected chi connectivity index (χ4v) is 2.86. The molecule has 21 heavy (non-hydrogen) atoms. The van der Waals surface area contributed by atoms with E-state index in [1.165, 1.54) is 26.4 Å². The van der Waals surface area contributed by atoms with Gasteiger partial charge in [-0.05, 0) is 32.0 Å². The topological polar surface area (TPSA) is 50.8 Å². The second-order valence-corrected chi connectivity index (χ2v) is 5.23. The van der Waals surface area contributed by atoms with Crippen molar-refractivity contribution in [3.63, 3.8) is 0 Å². The van der Waals surface area contributed by atoms with Crippen molar-refractivity contribution in [2.45, 2.75) is 25.3 Å². The van der Waals surface area contributed by atoms with Gasteiger partial charge in [0.1, 0.15) is 5.75 Å². The van der Waals surface area contributed by atoms with Crippen molar-refractivity contribution in [3.05, 3.63) is 29.8 Å². The van der Waals surface area contributed by atoms with Gasteiger partial charge in [0, 0.05) is 12.1 Å². The van der Waals surface area contributed by atoms with Crippen LogP contribution in [0.4, 0.5) is 4.79 Å². The molecule has 116 valence electrons. The summed E-state index contributed by atoms with van der Waals surface area (Å²) in [4.78, 5) is 13.8. The van der Waals surface area contributed by atoms with E-state index in [2.05, 4.69) is 21.0 Å². The fourth-order valence-electron chi connectivity index (χ4n) is 2.86. The predicted molar refractivity (Wildman–Crippen MR) is 81.6 cm³/mol. The van der Waals surface area contributed by atoms with Crippen LogP contribution >= 0.6 is 0 Å². The zero-order valence-corrected chi connectivity index (χ0v) is 12.8. The number of methoxy groups -OCH3 is 2. The molecule has 1 aromatic carbocycles. The Balaban J connectivity index is 2.19. The Morgan fingerprint density at radius 3 is 2.62 bits per heavy atom. The molecule has 0 radical (unpaired) electrons. The second-order valence-electron chi connectivity index (χ2n) is 5.23. The van der Waals surface area contributed by atoms with E-state index < -0.39 is 6.09 Å². The number of ether oxygens (including phenoxy) is 2. The van der Waals surface area contributed by atoms with Crippen LogP contribution in [0.25, 0.3) is 0 Å². The highest BCUT2D eigenvalue weighted by atomic mass is 16.5. The number of nitrogens with zero attached hydrogens (tertiary/aromatic N) is 1. The highest BCUT2D eigenvalue weighted by Gasteiger charge is 2.25. The zero-order chi connectivity index (χ0) is 15.1. The number of amides is 1. The lowest BCUT2D eigenvalue weighted by Crippen LogP contribution is -2.40. The largest absolute Gasteiger partial charge is 0.496 e. The summed E-state index contributed by atoms with van der Waals surface area (Å²) in [5.41, 5.74) is 1.11. The summed E-state index contributed by atoms with van der Waals surface area (Å²) in [6.45, 7) is 2.62. The molecule has 1 unspecified atom stereocenters. The van der Waals surface area contributed by atoms with Gasteiger partial charge in [-0.15, -0.1) is 0 Å².